The highest BCUT2D eigenvalue weighted by Gasteiger charge is 2.25. The number of benzene rings is 2. The van der Waals surface area contributed by atoms with Gasteiger partial charge in [-0.1, -0.05) is 23.7 Å². The van der Waals surface area contributed by atoms with Crippen molar-refractivity contribution in [2.75, 3.05) is 43.7 Å². The number of carbonyl (C=O) groups excluding carboxylic acids is 2. The Kier molecular flexibility index (Phi) is 7.30. The van der Waals surface area contributed by atoms with Gasteiger partial charge in [0.2, 0.25) is 0 Å². The largest absolute Gasteiger partial charge is 0.462 e. The molecule has 2 N–H and O–H groups in total. The first-order valence-corrected chi connectivity index (χ1v) is 11.8. The first kappa shape index (κ1) is 24.3. The average molecular weight is 505 g/mol. The fourth-order valence-electron chi connectivity index (χ4n) is 3.82. The van der Waals surface area contributed by atoms with Gasteiger partial charge in [-0.15, -0.1) is 11.6 Å². The quantitative estimate of drug-likeness (QED) is 0.372. The summed E-state index contributed by atoms with van der Waals surface area (Å²) >= 11 is 12.1. The van der Waals surface area contributed by atoms with E-state index in [9.17, 15) is 9.59 Å². The summed E-state index contributed by atoms with van der Waals surface area (Å²) in [5, 5.41) is 11.4. The second kappa shape index (κ2) is 10.2. The van der Waals surface area contributed by atoms with Gasteiger partial charge >= 0.3 is 5.97 Å². The molecule has 0 unspecified atom stereocenters. The van der Waals surface area contributed by atoms with Crippen LogP contribution in [0.1, 0.15) is 24.3 Å². The van der Waals surface area contributed by atoms with Gasteiger partial charge in [-0.25, -0.2) is 0 Å². The molecule has 1 aromatic heterocycles. The summed E-state index contributed by atoms with van der Waals surface area (Å²) in [6.45, 7) is 6.53. The lowest BCUT2D eigenvalue weighted by Crippen LogP contribution is -2.47. The van der Waals surface area contributed by atoms with Crippen molar-refractivity contribution >= 4 is 51.7 Å². The zero-order valence-corrected chi connectivity index (χ0v) is 20.5. The normalized spacial score (nSPS) is 14.3. The molecule has 1 aliphatic rings. The number of hydrogen-bond donors (Lipinski definition) is 2. The van der Waals surface area contributed by atoms with Crippen LogP contribution in [-0.4, -0.2) is 66.4 Å². The molecule has 2 aromatic carbocycles. The molecule has 10 heteroatoms. The lowest BCUT2D eigenvalue weighted by molar-refractivity contribution is -0.142. The third-order valence-corrected chi connectivity index (χ3v) is 6.09. The molecule has 180 valence electrons. The second-order valence-corrected chi connectivity index (χ2v) is 9.40. The molecule has 0 saturated carbocycles. The van der Waals surface area contributed by atoms with Gasteiger partial charge < -0.3 is 19.7 Å². The van der Waals surface area contributed by atoms with Crippen molar-refractivity contribution in [3.8, 4) is 11.1 Å². The molecule has 34 heavy (non-hydrogen) atoms. The summed E-state index contributed by atoms with van der Waals surface area (Å²) < 4.78 is 10.5. The predicted octanol–water partition coefficient (Wildman–Crippen LogP) is 4.01. The smallest absolute Gasteiger partial charge is 0.320 e. The molecule has 1 aliphatic heterocycles. The van der Waals surface area contributed by atoms with Crippen LogP contribution < -0.4 is 10.2 Å². The maximum Gasteiger partial charge on any atom is 0.320 e. The summed E-state index contributed by atoms with van der Waals surface area (Å²) in [6, 6.07) is 11.7. The summed E-state index contributed by atoms with van der Waals surface area (Å²) in [5.74, 6) is -1.15. The van der Waals surface area contributed by atoms with E-state index in [-0.39, 0.29) is 24.1 Å². The van der Waals surface area contributed by atoms with E-state index in [1.54, 1.807) is 13.8 Å². The first-order valence-electron chi connectivity index (χ1n) is 10.9. The minimum absolute atomic E-state index is 0.00198. The number of morpholine rings is 1. The second-order valence-electron chi connectivity index (χ2n) is 8.73. The number of halogens is 2. The lowest BCUT2D eigenvalue weighted by atomic mass is 10.0. The van der Waals surface area contributed by atoms with E-state index in [2.05, 4.69) is 20.4 Å². The van der Waals surface area contributed by atoms with Crippen molar-refractivity contribution in [3.05, 3.63) is 47.1 Å². The van der Waals surface area contributed by atoms with Gasteiger partial charge in [0.25, 0.3) is 5.91 Å². The first-order chi connectivity index (χ1) is 16.3. The number of ether oxygens (including phenoxy) is 2. The zero-order valence-electron chi connectivity index (χ0n) is 19.0. The maximum atomic E-state index is 12.8. The molecule has 1 amide bonds. The van der Waals surface area contributed by atoms with E-state index in [1.807, 2.05) is 36.4 Å². The van der Waals surface area contributed by atoms with Crippen molar-refractivity contribution in [2.45, 2.75) is 19.4 Å². The molecule has 1 fully saturated rings. The van der Waals surface area contributed by atoms with Gasteiger partial charge in [0.05, 0.1) is 35.0 Å². The van der Waals surface area contributed by atoms with Crippen LogP contribution >= 0.6 is 23.2 Å². The number of hydrogen-bond acceptors (Lipinski definition) is 6. The van der Waals surface area contributed by atoms with Gasteiger partial charge in [-0.2, -0.15) is 5.10 Å². The minimum atomic E-state index is -0.789. The molecule has 0 bridgehead atoms. The van der Waals surface area contributed by atoms with E-state index in [4.69, 9.17) is 32.7 Å². The molecule has 3 aromatic rings. The standard InChI is InChI=1S/C24H26Cl2N4O4/c1-24(2,14-34-21(31)13-25)27-23(32)22-17-5-3-16(12-19(17)28-29-22)15-4-6-20(18(26)11-15)30-7-9-33-10-8-30/h3-6,11-12H,7-10,13-14H2,1-2H3,(H,27,32)(H,28,29). The van der Waals surface area contributed by atoms with Crippen LogP contribution in [0.2, 0.25) is 5.02 Å². The SMILES string of the molecule is CC(C)(COC(=O)CCl)NC(=O)c1n[nH]c2cc(-c3ccc(N4CCOCC4)c(Cl)c3)ccc12. The van der Waals surface area contributed by atoms with Crippen LogP contribution in [0.5, 0.6) is 0 Å². The molecule has 2 heterocycles. The summed E-state index contributed by atoms with van der Waals surface area (Å²) in [6.07, 6.45) is 0. The number of nitrogens with zero attached hydrogens (tertiary/aromatic N) is 2. The monoisotopic (exact) mass is 504 g/mol. The third-order valence-electron chi connectivity index (χ3n) is 5.57. The Morgan fingerprint density at radius 3 is 2.59 bits per heavy atom. The summed E-state index contributed by atoms with van der Waals surface area (Å²) in [5.41, 5.74) is 3.11. The van der Waals surface area contributed by atoms with Crippen LogP contribution in [0.15, 0.2) is 36.4 Å². The molecule has 4 rings (SSSR count). The highest BCUT2D eigenvalue weighted by atomic mass is 35.5. The van der Waals surface area contributed by atoms with Crippen LogP contribution in [-0.2, 0) is 14.3 Å². The Morgan fingerprint density at radius 1 is 1.18 bits per heavy atom. The topological polar surface area (TPSA) is 96.5 Å². The van der Waals surface area contributed by atoms with Crippen molar-refractivity contribution in [2.24, 2.45) is 0 Å². The van der Waals surface area contributed by atoms with E-state index in [0.717, 1.165) is 35.4 Å². The van der Waals surface area contributed by atoms with Crippen LogP contribution in [0.25, 0.3) is 22.0 Å². The fraction of sp³-hybridized carbons (Fsp3) is 0.375. The predicted molar refractivity (Wildman–Crippen MR) is 133 cm³/mol. The number of aromatic amines is 1. The Morgan fingerprint density at radius 2 is 1.88 bits per heavy atom. The van der Waals surface area contributed by atoms with E-state index < -0.39 is 11.5 Å². The highest BCUT2D eigenvalue weighted by molar-refractivity contribution is 6.33. The van der Waals surface area contributed by atoms with E-state index in [0.29, 0.717) is 23.6 Å². The number of amides is 1. The molecule has 0 spiro atoms. The number of aromatic nitrogens is 2. The number of nitrogens with one attached hydrogen (secondary N) is 2. The van der Waals surface area contributed by atoms with Crippen LogP contribution in [0.3, 0.4) is 0 Å². The molecule has 0 atom stereocenters. The van der Waals surface area contributed by atoms with Crippen molar-refractivity contribution in [1.82, 2.24) is 15.5 Å². The van der Waals surface area contributed by atoms with Crippen LogP contribution in [0, 0.1) is 0 Å². The zero-order chi connectivity index (χ0) is 24.3. The molecular weight excluding hydrogens is 479 g/mol. The number of carbonyl (C=O) groups is 2. The Labute approximate surface area is 207 Å². The van der Waals surface area contributed by atoms with Gasteiger partial charge in [-0.3, -0.25) is 14.7 Å². The van der Waals surface area contributed by atoms with Gasteiger partial charge in [0.1, 0.15) is 12.5 Å². The number of anilines is 1. The lowest BCUT2D eigenvalue weighted by Gasteiger charge is -2.29. The third kappa shape index (κ3) is 5.46. The van der Waals surface area contributed by atoms with Crippen molar-refractivity contribution in [1.29, 1.82) is 0 Å². The molecule has 0 aliphatic carbocycles. The molecule has 1 saturated heterocycles. The Balaban J connectivity index is 1.51. The summed E-state index contributed by atoms with van der Waals surface area (Å²) in [4.78, 5) is 26.4. The van der Waals surface area contributed by atoms with Gasteiger partial charge in [-0.05, 0) is 49.2 Å². The number of rotatable bonds is 7. The number of fused-ring (bicyclic) bond motifs is 1. The van der Waals surface area contributed by atoms with Crippen molar-refractivity contribution < 1.29 is 19.1 Å². The molecule has 8 nitrogen and oxygen atoms in total. The Bertz CT molecular complexity index is 1200. The van der Waals surface area contributed by atoms with Crippen molar-refractivity contribution in [3.63, 3.8) is 0 Å². The van der Waals surface area contributed by atoms with E-state index in [1.165, 1.54) is 0 Å². The number of H-pyrrole nitrogens is 1. The van der Waals surface area contributed by atoms with E-state index >= 15 is 0 Å². The maximum absolute atomic E-state index is 12.8. The highest BCUT2D eigenvalue weighted by Crippen LogP contribution is 2.33. The summed E-state index contributed by atoms with van der Waals surface area (Å²) in [7, 11) is 0. The average Bonchev–Trinajstić information content (AvgIpc) is 3.26. The minimum Gasteiger partial charge on any atom is -0.462 e. The fourth-order valence-corrected chi connectivity index (χ4v) is 4.20. The number of alkyl halides is 1. The van der Waals surface area contributed by atoms with Gasteiger partial charge in [0.15, 0.2) is 5.69 Å². The molecule has 0 radical (unpaired) electrons. The molecular formula is C24H26Cl2N4O4. The van der Waals surface area contributed by atoms with Gasteiger partial charge in [0, 0.05) is 18.5 Å². The number of esters is 1. The van der Waals surface area contributed by atoms with Crippen LogP contribution in [0.4, 0.5) is 5.69 Å². The Hall–Kier alpha value is -2.81.